The van der Waals surface area contributed by atoms with E-state index in [-0.39, 0.29) is 32.5 Å². The van der Waals surface area contributed by atoms with E-state index in [1.807, 2.05) is 30.3 Å². The van der Waals surface area contributed by atoms with Crippen molar-refractivity contribution in [3.63, 3.8) is 0 Å². The van der Waals surface area contributed by atoms with Gasteiger partial charge >= 0.3 is 5.97 Å². The number of benzene rings is 3. The Labute approximate surface area is 277 Å². The van der Waals surface area contributed by atoms with Gasteiger partial charge in [0.1, 0.15) is 13.2 Å². The predicted octanol–water partition coefficient (Wildman–Crippen LogP) is 7.52. The van der Waals surface area contributed by atoms with Gasteiger partial charge in [-0.1, -0.05) is 81.1 Å². The van der Waals surface area contributed by atoms with Gasteiger partial charge in [0.15, 0.2) is 18.2 Å². The first-order chi connectivity index (χ1) is 22.7. The molecule has 1 heterocycles. The smallest absolute Gasteiger partial charge is 0.333 e. The van der Waals surface area contributed by atoms with Crippen molar-refractivity contribution in [2.75, 3.05) is 26.6 Å². The van der Waals surface area contributed by atoms with Crippen LogP contribution in [0, 0.1) is 0 Å². The number of nitrogens with one attached hydrogen (secondary N) is 1. The summed E-state index contributed by atoms with van der Waals surface area (Å²) in [5, 5.41) is 2.70. The molecule has 8 heteroatoms. The SMILES string of the molecule is C=C(C)C(=O)NCOc1cc(-c2ccc(-c3ccc(CCC)cc3)cc2CCOC(=O)C(=C)C)ccc1OCCOc1ccccn1. The summed E-state index contributed by atoms with van der Waals surface area (Å²) in [6.07, 6.45) is 4.28. The van der Waals surface area contributed by atoms with E-state index in [2.05, 4.69) is 72.8 Å². The van der Waals surface area contributed by atoms with Gasteiger partial charge in [-0.3, -0.25) is 4.79 Å². The van der Waals surface area contributed by atoms with Crippen LogP contribution in [0.5, 0.6) is 17.4 Å². The molecule has 1 N–H and O–H groups in total. The number of rotatable bonds is 17. The van der Waals surface area contributed by atoms with Crippen LogP contribution >= 0.6 is 0 Å². The monoisotopic (exact) mass is 634 g/mol. The third kappa shape index (κ3) is 10.3. The number of aryl methyl sites for hydroxylation is 1. The average molecular weight is 635 g/mol. The molecule has 0 spiro atoms. The molecule has 8 nitrogen and oxygen atoms in total. The lowest BCUT2D eigenvalue weighted by atomic mass is 9.93. The van der Waals surface area contributed by atoms with Crippen molar-refractivity contribution in [3.8, 4) is 39.6 Å². The Balaban J connectivity index is 1.61. The summed E-state index contributed by atoms with van der Waals surface area (Å²) in [6, 6.07) is 26.0. The standard InChI is InChI=1S/C39H42N2O6/c1-6-9-29-11-13-30(14-12-29)31-15-17-34(33(24-31)19-21-46-39(43)28(4)5)32-16-18-35(36(25-32)47-26-41-38(42)27(2)3)44-22-23-45-37-10-7-8-20-40-37/h7-8,10-18,20,24-25H,2,4,6,9,19,21-23,26H2,1,3,5H3,(H,41,42). The van der Waals surface area contributed by atoms with E-state index in [0.717, 1.165) is 40.7 Å². The Morgan fingerprint density at radius 3 is 2.19 bits per heavy atom. The van der Waals surface area contributed by atoms with Crippen LogP contribution in [0.1, 0.15) is 38.3 Å². The van der Waals surface area contributed by atoms with Crippen LogP contribution in [0.2, 0.25) is 0 Å². The number of hydrogen-bond donors (Lipinski definition) is 1. The highest BCUT2D eigenvalue weighted by Crippen LogP contribution is 2.36. The van der Waals surface area contributed by atoms with Gasteiger partial charge in [0.2, 0.25) is 11.8 Å². The molecule has 0 bridgehead atoms. The maximum atomic E-state index is 12.1. The van der Waals surface area contributed by atoms with Crippen molar-refractivity contribution in [1.29, 1.82) is 0 Å². The minimum atomic E-state index is -0.421. The van der Waals surface area contributed by atoms with Crippen LogP contribution in [-0.2, 0) is 27.2 Å². The topological polar surface area (TPSA) is 96.0 Å². The van der Waals surface area contributed by atoms with Gasteiger partial charge in [0.25, 0.3) is 0 Å². The molecule has 0 aliphatic carbocycles. The van der Waals surface area contributed by atoms with Crippen LogP contribution in [0.15, 0.2) is 109 Å². The number of carbonyl (C=O) groups excluding carboxylic acids is 2. The Bertz CT molecular complexity index is 1680. The highest BCUT2D eigenvalue weighted by Gasteiger charge is 2.14. The van der Waals surface area contributed by atoms with Crippen LogP contribution in [0.4, 0.5) is 0 Å². The fourth-order valence-electron chi connectivity index (χ4n) is 4.76. The molecule has 0 radical (unpaired) electrons. The Morgan fingerprint density at radius 1 is 0.745 bits per heavy atom. The van der Waals surface area contributed by atoms with Crippen molar-refractivity contribution in [1.82, 2.24) is 10.3 Å². The summed E-state index contributed by atoms with van der Waals surface area (Å²) in [4.78, 5) is 28.4. The lowest BCUT2D eigenvalue weighted by Crippen LogP contribution is -2.28. The van der Waals surface area contributed by atoms with E-state index in [4.69, 9.17) is 18.9 Å². The number of ether oxygens (including phenoxy) is 4. The molecule has 0 saturated heterocycles. The van der Waals surface area contributed by atoms with Gasteiger partial charge in [-0.15, -0.1) is 0 Å². The van der Waals surface area contributed by atoms with Crippen molar-refractivity contribution in [2.45, 2.75) is 40.0 Å². The van der Waals surface area contributed by atoms with E-state index in [0.29, 0.717) is 34.9 Å². The van der Waals surface area contributed by atoms with E-state index in [9.17, 15) is 9.59 Å². The lowest BCUT2D eigenvalue weighted by molar-refractivity contribution is -0.138. The number of esters is 1. The third-order valence-corrected chi connectivity index (χ3v) is 7.22. The largest absolute Gasteiger partial charge is 0.486 e. The minimum Gasteiger partial charge on any atom is -0.486 e. The van der Waals surface area contributed by atoms with Gasteiger partial charge in [-0.2, -0.15) is 0 Å². The minimum absolute atomic E-state index is 0.0768. The maximum Gasteiger partial charge on any atom is 0.333 e. The zero-order valence-electron chi connectivity index (χ0n) is 27.3. The van der Waals surface area contributed by atoms with Gasteiger partial charge in [-0.05, 0) is 71.8 Å². The van der Waals surface area contributed by atoms with Crippen LogP contribution in [0.3, 0.4) is 0 Å². The fraction of sp³-hybridized carbons (Fsp3) is 0.256. The molecule has 0 fully saturated rings. The van der Waals surface area contributed by atoms with E-state index in [1.54, 1.807) is 26.1 Å². The first kappa shape index (κ1) is 34.5. The quantitative estimate of drug-likeness (QED) is 0.0556. The highest BCUT2D eigenvalue weighted by molar-refractivity contribution is 5.92. The van der Waals surface area contributed by atoms with Crippen LogP contribution < -0.4 is 19.5 Å². The Morgan fingerprint density at radius 2 is 1.49 bits per heavy atom. The number of carbonyl (C=O) groups is 2. The maximum absolute atomic E-state index is 12.1. The van der Waals surface area contributed by atoms with Crippen molar-refractivity contribution in [2.24, 2.45) is 0 Å². The number of hydrogen-bond acceptors (Lipinski definition) is 7. The van der Waals surface area contributed by atoms with Gasteiger partial charge < -0.3 is 24.3 Å². The molecule has 244 valence electrons. The second kappa shape index (κ2) is 17.4. The van der Waals surface area contributed by atoms with Crippen LogP contribution in [-0.4, -0.2) is 43.4 Å². The summed E-state index contributed by atoms with van der Waals surface area (Å²) >= 11 is 0. The van der Waals surface area contributed by atoms with Crippen molar-refractivity contribution >= 4 is 11.9 Å². The predicted molar refractivity (Wildman–Crippen MR) is 184 cm³/mol. The molecular weight excluding hydrogens is 592 g/mol. The zero-order chi connectivity index (χ0) is 33.6. The molecule has 0 atom stereocenters. The third-order valence-electron chi connectivity index (χ3n) is 7.22. The summed E-state index contributed by atoms with van der Waals surface area (Å²) in [7, 11) is 0. The molecule has 0 unspecified atom stereocenters. The second-order valence-corrected chi connectivity index (χ2v) is 11.1. The van der Waals surface area contributed by atoms with Gasteiger partial charge in [-0.25, -0.2) is 9.78 Å². The first-order valence-corrected chi connectivity index (χ1v) is 15.7. The number of amides is 1. The van der Waals surface area contributed by atoms with E-state index < -0.39 is 5.97 Å². The molecule has 0 aliphatic heterocycles. The molecule has 1 amide bonds. The van der Waals surface area contributed by atoms with E-state index in [1.165, 1.54) is 5.56 Å². The molecule has 0 saturated carbocycles. The Hall–Kier alpha value is -5.37. The summed E-state index contributed by atoms with van der Waals surface area (Å²) in [5.74, 6) is 0.709. The van der Waals surface area contributed by atoms with E-state index >= 15 is 0 Å². The van der Waals surface area contributed by atoms with Crippen molar-refractivity contribution < 1.29 is 28.5 Å². The zero-order valence-corrected chi connectivity index (χ0v) is 27.3. The van der Waals surface area contributed by atoms with Gasteiger partial charge in [0, 0.05) is 29.8 Å². The molecule has 1 aromatic heterocycles. The summed E-state index contributed by atoms with van der Waals surface area (Å²) in [5.41, 5.74) is 7.01. The molecular formula is C39H42N2O6. The number of aromatic nitrogens is 1. The summed E-state index contributed by atoms with van der Waals surface area (Å²) < 4.78 is 23.2. The molecule has 3 aromatic carbocycles. The van der Waals surface area contributed by atoms with Crippen LogP contribution in [0.25, 0.3) is 22.3 Å². The second-order valence-electron chi connectivity index (χ2n) is 11.1. The summed E-state index contributed by atoms with van der Waals surface area (Å²) in [6.45, 7) is 13.4. The number of pyridine rings is 1. The fourth-order valence-corrected chi connectivity index (χ4v) is 4.76. The van der Waals surface area contributed by atoms with Gasteiger partial charge in [0.05, 0.1) is 6.61 Å². The molecule has 0 aliphatic rings. The molecule has 47 heavy (non-hydrogen) atoms. The number of nitrogens with zero attached hydrogens (tertiary/aromatic N) is 1. The lowest BCUT2D eigenvalue weighted by Gasteiger charge is -2.17. The normalized spacial score (nSPS) is 10.5. The Kier molecular flexibility index (Phi) is 12.7. The molecule has 4 rings (SSSR count). The highest BCUT2D eigenvalue weighted by atomic mass is 16.5. The van der Waals surface area contributed by atoms with Crippen molar-refractivity contribution in [3.05, 3.63) is 120 Å². The molecule has 4 aromatic rings. The average Bonchev–Trinajstić information content (AvgIpc) is 3.08. The first-order valence-electron chi connectivity index (χ1n) is 15.7.